The molecule has 0 saturated heterocycles. The third-order valence-electron chi connectivity index (χ3n) is 5.44. The SMILES string of the molecule is Cc1nc(C)c(CNC2CC(C)(C)Cc3nc(C(C)(C)C)ncc32)nc1C. The first-order valence-electron chi connectivity index (χ1n) is 9.87. The number of aromatic nitrogens is 4. The van der Waals surface area contributed by atoms with Gasteiger partial charge in [0, 0.05) is 35.5 Å². The van der Waals surface area contributed by atoms with Crippen LogP contribution in [0.2, 0.25) is 0 Å². The van der Waals surface area contributed by atoms with E-state index in [0.717, 1.165) is 41.4 Å². The second-order valence-electron chi connectivity index (χ2n) is 9.75. The standard InChI is InChI=1S/C22H33N5/c1-13-14(2)26-19(15(3)25-13)12-23-17-9-22(7,8)10-18-16(17)11-24-20(27-18)21(4,5)6/h11,17,23H,9-10,12H2,1-8H3. The van der Waals surface area contributed by atoms with Crippen LogP contribution in [-0.2, 0) is 18.4 Å². The Labute approximate surface area is 163 Å². The summed E-state index contributed by atoms with van der Waals surface area (Å²) in [5.41, 5.74) is 6.62. The molecule has 5 nitrogen and oxygen atoms in total. The Balaban J connectivity index is 1.88. The molecule has 0 bridgehead atoms. The number of hydrogen-bond donors (Lipinski definition) is 1. The molecule has 146 valence electrons. The van der Waals surface area contributed by atoms with E-state index < -0.39 is 0 Å². The third-order valence-corrected chi connectivity index (χ3v) is 5.44. The maximum atomic E-state index is 4.95. The summed E-state index contributed by atoms with van der Waals surface area (Å²) >= 11 is 0. The zero-order chi connectivity index (χ0) is 20.0. The van der Waals surface area contributed by atoms with Gasteiger partial charge >= 0.3 is 0 Å². The zero-order valence-corrected chi connectivity index (χ0v) is 18.1. The maximum absolute atomic E-state index is 4.95. The van der Waals surface area contributed by atoms with Gasteiger partial charge < -0.3 is 5.32 Å². The zero-order valence-electron chi connectivity index (χ0n) is 18.1. The molecule has 1 aliphatic rings. The molecule has 1 unspecified atom stereocenters. The normalized spacial score (nSPS) is 19.0. The highest BCUT2D eigenvalue weighted by atomic mass is 15.0. The van der Waals surface area contributed by atoms with E-state index >= 15 is 0 Å². The molecule has 1 atom stereocenters. The Kier molecular flexibility index (Phi) is 5.10. The van der Waals surface area contributed by atoms with Gasteiger partial charge in [-0.2, -0.15) is 0 Å². The summed E-state index contributed by atoms with van der Waals surface area (Å²) in [5.74, 6) is 0.925. The number of fused-ring (bicyclic) bond motifs is 1. The average molecular weight is 368 g/mol. The van der Waals surface area contributed by atoms with E-state index in [-0.39, 0.29) is 16.9 Å². The van der Waals surface area contributed by atoms with E-state index in [9.17, 15) is 0 Å². The largest absolute Gasteiger partial charge is 0.304 e. The van der Waals surface area contributed by atoms with Gasteiger partial charge in [-0.25, -0.2) is 9.97 Å². The van der Waals surface area contributed by atoms with Crippen LogP contribution in [-0.4, -0.2) is 19.9 Å². The molecule has 2 aromatic rings. The Morgan fingerprint density at radius 1 is 1.04 bits per heavy atom. The van der Waals surface area contributed by atoms with Crippen LogP contribution in [0.5, 0.6) is 0 Å². The highest BCUT2D eigenvalue weighted by Gasteiger charge is 2.34. The van der Waals surface area contributed by atoms with Crippen molar-refractivity contribution in [3.63, 3.8) is 0 Å². The summed E-state index contributed by atoms with van der Waals surface area (Å²) in [4.78, 5) is 19.0. The monoisotopic (exact) mass is 367 g/mol. The van der Waals surface area contributed by atoms with Gasteiger partial charge in [-0.3, -0.25) is 9.97 Å². The van der Waals surface area contributed by atoms with Gasteiger partial charge in [0.1, 0.15) is 5.82 Å². The van der Waals surface area contributed by atoms with Crippen LogP contribution >= 0.6 is 0 Å². The summed E-state index contributed by atoms with van der Waals surface area (Å²) in [5, 5.41) is 3.71. The van der Waals surface area contributed by atoms with Gasteiger partial charge in [-0.05, 0) is 39.0 Å². The molecule has 2 aromatic heterocycles. The summed E-state index contributed by atoms with van der Waals surface area (Å²) in [6.07, 6.45) is 4.10. The Hall–Kier alpha value is -1.88. The van der Waals surface area contributed by atoms with Gasteiger partial charge in [-0.15, -0.1) is 0 Å². The first kappa shape index (κ1) is 19.9. The van der Waals surface area contributed by atoms with Crippen LogP contribution < -0.4 is 5.32 Å². The summed E-state index contributed by atoms with van der Waals surface area (Å²) in [7, 11) is 0. The number of aryl methyl sites for hydroxylation is 3. The molecule has 0 radical (unpaired) electrons. The van der Waals surface area contributed by atoms with Crippen molar-refractivity contribution in [3.05, 3.63) is 46.1 Å². The highest BCUT2D eigenvalue weighted by Crippen LogP contribution is 2.40. The van der Waals surface area contributed by atoms with Crippen molar-refractivity contribution in [2.45, 2.75) is 86.2 Å². The maximum Gasteiger partial charge on any atom is 0.133 e. The summed E-state index contributed by atoms with van der Waals surface area (Å²) in [6.45, 7) is 17.9. The molecule has 27 heavy (non-hydrogen) atoms. The van der Waals surface area contributed by atoms with Gasteiger partial charge in [0.2, 0.25) is 0 Å². The molecule has 2 heterocycles. The molecular weight excluding hydrogens is 334 g/mol. The van der Waals surface area contributed by atoms with E-state index in [2.05, 4.69) is 49.9 Å². The lowest BCUT2D eigenvalue weighted by Crippen LogP contribution is -2.35. The van der Waals surface area contributed by atoms with Crippen molar-refractivity contribution in [2.75, 3.05) is 0 Å². The lowest BCUT2D eigenvalue weighted by Gasteiger charge is -2.37. The Bertz CT molecular complexity index is 849. The molecule has 0 aromatic carbocycles. The molecule has 1 N–H and O–H groups in total. The minimum Gasteiger partial charge on any atom is -0.304 e. The van der Waals surface area contributed by atoms with Crippen molar-refractivity contribution in [2.24, 2.45) is 5.41 Å². The smallest absolute Gasteiger partial charge is 0.133 e. The lowest BCUT2D eigenvalue weighted by molar-refractivity contribution is 0.250. The van der Waals surface area contributed by atoms with Crippen LogP contribution in [0.15, 0.2) is 6.20 Å². The fraction of sp³-hybridized carbons (Fsp3) is 0.636. The second-order valence-corrected chi connectivity index (χ2v) is 9.75. The molecular formula is C22H33N5. The molecule has 5 heteroatoms. The van der Waals surface area contributed by atoms with Crippen LogP contribution in [0.4, 0.5) is 0 Å². The van der Waals surface area contributed by atoms with Crippen LogP contribution in [0.1, 0.15) is 86.9 Å². The van der Waals surface area contributed by atoms with Gasteiger partial charge in [-0.1, -0.05) is 34.6 Å². The first-order valence-corrected chi connectivity index (χ1v) is 9.87. The average Bonchev–Trinajstić information content (AvgIpc) is 2.54. The lowest BCUT2D eigenvalue weighted by atomic mass is 9.74. The van der Waals surface area contributed by atoms with Crippen LogP contribution in [0, 0.1) is 26.2 Å². The van der Waals surface area contributed by atoms with Crippen LogP contribution in [0.25, 0.3) is 0 Å². The van der Waals surface area contributed by atoms with Crippen molar-refractivity contribution in [3.8, 4) is 0 Å². The number of hydrogen-bond acceptors (Lipinski definition) is 5. The van der Waals surface area contributed by atoms with Crippen molar-refractivity contribution < 1.29 is 0 Å². The fourth-order valence-electron chi connectivity index (χ4n) is 3.74. The van der Waals surface area contributed by atoms with E-state index in [0.29, 0.717) is 6.54 Å². The van der Waals surface area contributed by atoms with Gasteiger partial charge in [0.25, 0.3) is 0 Å². The van der Waals surface area contributed by atoms with E-state index in [1.165, 1.54) is 11.3 Å². The molecule has 0 amide bonds. The van der Waals surface area contributed by atoms with E-state index in [1.54, 1.807) is 0 Å². The van der Waals surface area contributed by atoms with Crippen molar-refractivity contribution in [1.82, 2.24) is 25.3 Å². The first-order chi connectivity index (χ1) is 12.5. The van der Waals surface area contributed by atoms with Crippen molar-refractivity contribution in [1.29, 1.82) is 0 Å². The number of rotatable bonds is 3. The topological polar surface area (TPSA) is 63.6 Å². The predicted molar refractivity (Wildman–Crippen MR) is 109 cm³/mol. The molecule has 0 fully saturated rings. The highest BCUT2D eigenvalue weighted by molar-refractivity contribution is 5.28. The number of nitrogens with zero attached hydrogens (tertiary/aromatic N) is 4. The van der Waals surface area contributed by atoms with E-state index in [4.69, 9.17) is 9.97 Å². The molecule has 0 spiro atoms. The van der Waals surface area contributed by atoms with Gasteiger partial charge in [0.05, 0.1) is 22.8 Å². The summed E-state index contributed by atoms with van der Waals surface area (Å²) in [6, 6.07) is 0.237. The molecule has 0 saturated carbocycles. The minimum absolute atomic E-state index is 0.0360. The third kappa shape index (κ3) is 4.34. The minimum atomic E-state index is -0.0360. The molecule has 1 aliphatic carbocycles. The summed E-state index contributed by atoms with van der Waals surface area (Å²) < 4.78 is 0. The molecule has 0 aliphatic heterocycles. The van der Waals surface area contributed by atoms with Crippen molar-refractivity contribution >= 4 is 0 Å². The van der Waals surface area contributed by atoms with E-state index in [1.807, 2.05) is 27.0 Å². The van der Waals surface area contributed by atoms with Gasteiger partial charge in [0.15, 0.2) is 0 Å². The Morgan fingerprint density at radius 3 is 2.37 bits per heavy atom. The molecule has 3 rings (SSSR count). The predicted octanol–water partition coefficient (Wildman–Crippen LogP) is 4.29. The second kappa shape index (κ2) is 6.93. The quantitative estimate of drug-likeness (QED) is 0.876. The Morgan fingerprint density at radius 2 is 1.70 bits per heavy atom. The number of nitrogens with one attached hydrogen (secondary N) is 1. The van der Waals surface area contributed by atoms with Crippen LogP contribution in [0.3, 0.4) is 0 Å². The fourth-order valence-corrected chi connectivity index (χ4v) is 3.74.